The Kier molecular flexibility index (Phi) is 4.95. The van der Waals surface area contributed by atoms with Gasteiger partial charge in [-0.1, -0.05) is 30.3 Å². The molecule has 152 valence electrons. The number of anilines is 1. The largest absolute Gasteiger partial charge is 0.496 e. The van der Waals surface area contributed by atoms with Crippen LogP contribution >= 0.6 is 0 Å². The summed E-state index contributed by atoms with van der Waals surface area (Å²) >= 11 is 0. The number of nitrogens with zero attached hydrogens (tertiary/aromatic N) is 1. The molecule has 2 N–H and O–H groups in total. The number of carbonyl (C=O) groups excluding carboxylic acids is 3. The average Bonchev–Trinajstić information content (AvgIpc) is 2.93. The van der Waals surface area contributed by atoms with E-state index in [1.54, 1.807) is 16.7 Å². The van der Waals surface area contributed by atoms with Crippen LogP contribution in [0.3, 0.4) is 0 Å². The fraction of sp³-hybridized carbons (Fsp3) is 0.211. The number of aryl methyl sites for hydroxylation is 1. The molecule has 2 aromatic rings. The molecule has 0 aromatic heterocycles. The van der Waals surface area contributed by atoms with E-state index in [0.717, 1.165) is 0 Å². The number of urea groups is 1. The second-order valence-electron chi connectivity index (χ2n) is 6.26. The number of hydrogen-bond donors (Lipinski definition) is 2. The van der Waals surface area contributed by atoms with E-state index in [1.165, 1.54) is 56.5 Å². The van der Waals surface area contributed by atoms with Gasteiger partial charge in [0.15, 0.2) is 0 Å². The Balaban J connectivity index is 2.05. The van der Waals surface area contributed by atoms with E-state index in [2.05, 4.69) is 0 Å². The summed E-state index contributed by atoms with van der Waals surface area (Å²) in [5.41, 5.74) is -3.46. The van der Waals surface area contributed by atoms with E-state index in [9.17, 15) is 27.6 Å². The first-order chi connectivity index (χ1) is 13.6. The van der Waals surface area contributed by atoms with E-state index in [4.69, 9.17) is 4.74 Å². The van der Waals surface area contributed by atoms with Crippen LogP contribution in [0.1, 0.15) is 15.9 Å². The summed E-state index contributed by atoms with van der Waals surface area (Å²) in [6.07, 6.45) is -5.31. The molecule has 1 saturated heterocycles. The van der Waals surface area contributed by atoms with E-state index < -0.39 is 29.7 Å². The van der Waals surface area contributed by atoms with Crippen LogP contribution in [0.15, 0.2) is 48.5 Å². The normalized spacial score (nSPS) is 19.1. The zero-order valence-electron chi connectivity index (χ0n) is 15.3. The smallest absolute Gasteiger partial charge is 0.440 e. The Morgan fingerprint density at radius 2 is 1.72 bits per heavy atom. The summed E-state index contributed by atoms with van der Waals surface area (Å²) in [7, 11) is 1.24. The van der Waals surface area contributed by atoms with Crippen molar-refractivity contribution in [1.29, 1.82) is 0 Å². The third-order valence-corrected chi connectivity index (χ3v) is 4.46. The van der Waals surface area contributed by atoms with Gasteiger partial charge in [-0.25, -0.2) is 9.69 Å². The minimum atomic E-state index is -5.31. The highest BCUT2D eigenvalue weighted by Crippen LogP contribution is 2.37. The predicted octanol–water partition coefficient (Wildman–Crippen LogP) is 2.75. The lowest BCUT2D eigenvalue weighted by Crippen LogP contribution is -2.69. The van der Waals surface area contributed by atoms with Gasteiger partial charge < -0.3 is 10.1 Å². The van der Waals surface area contributed by atoms with Crippen LogP contribution in [-0.4, -0.2) is 36.8 Å². The molecule has 2 aromatic carbocycles. The number of nitrogens with one attached hydrogen (secondary N) is 2. The summed E-state index contributed by atoms with van der Waals surface area (Å²) in [4.78, 5) is 38.1. The van der Waals surface area contributed by atoms with Gasteiger partial charge in [0.2, 0.25) is 0 Å². The summed E-state index contributed by atoms with van der Waals surface area (Å²) in [6.45, 7) is 1.54. The fourth-order valence-corrected chi connectivity index (χ4v) is 2.98. The topological polar surface area (TPSA) is 87.7 Å². The SMILES string of the molecule is COc1ccccc1C(=O)NC1(C(F)(F)F)NC(=O)N(c2ccccc2C)C1=O. The molecule has 1 unspecified atom stereocenters. The van der Waals surface area contributed by atoms with Crippen molar-refractivity contribution < 1.29 is 32.3 Å². The number of halogens is 3. The van der Waals surface area contributed by atoms with E-state index >= 15 is 0 Å². The van der Waals surface area contributed by atoms with Crippen LogP contribution in [0, 0.1) is 6.92 Å². The van der Waals surface area contributed by atoms with E-state index in [0.29, 0.717) is 10.5 Å². The average molecular weight is 407 g/mol. The van der Waals surface area contributed by atoms with Crippen molar-refractivity contribution in [3.63, 3.8) is 0 Å². The molecule has 1 heterocycles. The van der Waals surface area contributed by atoms with Crippen molar-refractivity contribution >= 4 is 23.5 Å². The van der Waals surface area contributed by atoms with Crippen LogP contribution in [0.25, 0.3) is 0 Å². The molecular weight excluding hydrogens is 391 g/mol. The lowest BCUT2D eigenvalue weighted by atomic mass is 10.1. The number of methoxy groups -OCH3 is 1. The molecule has 0 bridgehead atoms. The monoisotopic (exact) mass is 407 g/mol. The maximum atomic E-state index is 14.0. The fourth-order valence-electron chi connectivity index (χ4n) is 2.98. The van der Waals surface area contributed by atoms with Crippen LogP contribution < -0.4 is 20.3 Å². The number of benzene rings is 2. The second kappa shape index (κ2) is 7.12. The molecule has 29 heavy (non-hydrogen) atoms. The molecule has 0 spiro atoms. The summed E-state index contributed by atoms with van der Waals surface area (Å²) in [5.74, 6) is -2.89. The zero-order chi connectivity index (χ0) is 21.4. The first-order valence-electron chi connectivity index (χ1n) is 8.37. The van der Waals surface area contributed by atoms with Gasteiger partial charge in [-0.15, -0.1) is 0 Å². The molecule has 4 amide bonds. The van der Waals surface area contributed by atoms with Crippen LogP contribution in [-0.2, 0) is 4.79 Å². The molecule has 0 saturated carbocycles. The molecule has 10 heteroatoms. The summed E-state index contributed by atoms with van der Waals surface area (Å²) < 4.78 is 46.9. The van der Waals surface area contributed by atoms with E-state index in [1.807, 2.05) is 0 Å². The lowest BCUT2D eigenvalue weighted by Gasteiger charge is -2.30. The maximum absolute atomic E-state index is 14.0. The molecule has 1 fully saturated rings. The number of ether oxygens (including phenoxy) is 1. The van der Waals surface area contributed by atoms with Crippen molar-refractivity contribution in [1.82, 2.24) is 10.6 Å². The number of carbonyl (C=O) groups is 3. The standard InChI is InChI=1S/C19H16F3N3O4/c1-11-7-3-5-9-13(11)25-16(27)18(19(20,21)22,24-17(25)28)23-15(26)12-8-4-6-10-14(12)29-2/h3-10H,1-2H3,(H,23,26)(H,24,28). The predicted molar refractivity (Wildman–Crippen MR) is 96.4 cm³/mol. The molecule has 7 nitrogen and oxygen atoms in total. The Bertz CT molecular complexity index is 993. The number of imide groups is 1. The molecule has 1 aliphatic rings. The van der Waals surface area contributed by atoms with Gasteiger partial charge in [-0.2, -0.15) is 13.2 Å². The number of amides is 4. The maximum Gasteiger partial charge on any atom is 0.440 e. The Hall–Kier alpha value is -3.56. The summed E-state index contributed by atoms with van der Waals surface area (Å²) in [6, 6.07) is 10.2. The van der Waals surface area contributed by atoms with Crippen molar-refractivity contribution in [2.75, 3.05) is 12.0 Å². The number of rotatable bonds is 4. The van der Waals surface area contributed by atoms with E-state index in [-0.39, 0.29) is 17.0 Å². The van der Waals surface area contributed by atoms with Crippen LogP contribution in [0.4, 0.5) is 23.7 Å². The third-order valence-electron chi connectivity index (χ3n) is 4.46. The second-order valence-corrected chi connectivity index (χ2v) is 6.26. The third kappa shape index (κ3) is 3.26. The minimum absolute atomic E-state index is 0.00913. The van der Waals surface area contributed by atoms with Crippen LogP contribution in [0.2, 0.25) is 0 Å². The van der Waals surface area contributed by atoms with Crippen molar-refractivity contribution in [3.05, 3.63) is 59.7 Å². The Morgan fingerprint density at radius 1 is 1.10 bits per heavy atom. The van der Waals surface area contributed by atoms with Gasteiger partial charge in [-0.3, -0.25) is 14.9 Å². The highest BCUT2D eigenvalue weighted by Gasteiger charge is 2.69. The van der Waals surface area contributed by atoms with Gasteiger partial charge in [0.1, 0.15) is 5.75 Å². The van der Waals surface area contributed by atoms with Crippen molar-refractivity contribution in [3.8, 4) is 5.75 Å². The van der Waals surface area contributed by atoms with Gasteiger partial charge in [-0.05, 0) is 30.7 Å². The molecule has 1 aliphatic heterocycles. The van der Waals surface area contributed by atoms with Crippen LogP contribution in [0.5, 0.6) is 5.75 Å². The number of hydrogen-bond acceptors (Lipinski definition) is 4. The van der Waals surface area contributed by atoms with Gasteiger partial charge >= 0.3 is 12.2 Å². The summed E-state index contributed by atoms with van der Waals surface area (Å²) in [5, 5.41) is 3.27. The van der Waals surface area contributed by atoms with Gasteiger partial charge in [0, 0.05) is 0 Å². The Labute approximate surface area is 163 Å². The Morgan fingerprint density at radius 3 is 2.34 bits per heavy atom. The van der Waals surface area contributed by atoms with Gasteiger partial charge in [0.25, 0.3) is 17.5 Å². The zero-order valence-corrected chi connectivity index (χ0v) is 15.3. The molecule has 1 atom stereocenters. The van der Waals surface area contributed by atoms with Gasteiger partial charge in [0.05, 0.1) is 18.4 Å². The quantitative estimate of drug-likeness (QED) is 0.763. The highest BCUT2D eigenvalue weighted by atomic mass is 19.4. The minimum Gasteiger partial charge on any atom is -0.496 e. The van der Waals surface area contributed by atoms with Crippen molar-refractivity contribution in [2.24, 2.45) is 0 Å². The van der Waals surface area contributed by atoms with Crippen molar-refractivity contribution in [2.45, 2.75) is 18.8 Å². The molecular formula is C19H16F3N3O4. The lowest BCUT2D eigenvalue weighted by molar-refractivity contribution is -0.197. The molecule has 3 rings (SSSR count). The first-order valence-corrected chi connectivity index (χ1v) is 8.37. The molecule has 0 aliphatic carbocycles. The number of para-hydroxylation sites is 2. The molecule has 0 radical (unpaired) electrons. The number of alkyl halides is 3. The highest BCUT2D eigenvalue weighted by molar-refractivity contribution is 6.25. The first kappa shape index (κ1) is 20.2.